The predicted octanol–water partition coefficient (Wildman–Crippen LogP) is 0.728. The number of carbonyl (C=O) groups is 2. The van der Waals surface area contributed by atoms with Crippen molar-refractivity contribution in [2.24, 2.45) is 11.8 Å². The quantitative estimate of drug-likeness (QED) is 0.0710. The number of aryl methyl sites for hydroxylation is 1. The van der Waals surface area contributed by atoms with Crippen molar-refractivity contribution in [3.8, 4) is 0 Å². The van der Waals surface area contributed by atoms with E-state index in [9.17, 15) is 30.0 Å². The number of aromatic nitrogens is 2. The number of unbranched alkanes of at least 4 members (excludes halogenated alkanes) is 3. The first-order valence-corrected chi connectivity index (χ1v) is 19.2. The molecule has 5 atom stereocenters. The third-order valence-corrected chi connectivity index (χ3v) is 10.3. The number of hydrogen-bond donors (Lipinski definition) is 9. The first-order chi connectivity index (χ1) is 25.3. The van der Waals surface area contributed by atoms with E-state index in [1.54, 1.807) is 0 Å². The summed E-state index contributed by atoms with van der Waals surface area (Å²) in [5, 5.41) is 56.2. The number of benzene rings is 1. The number of hydrogen-bond acceptors (Lipinski definition) is 13. The van der Waals surface area contributed by atoms with E-state index in [1.807, 2.05) is 21.9 Å². The van der Waals surface area contributed by atoms with Crippen LogP contribution in [0, 0.1) is 18.8 Å². The van der Waals surface area contributed by atoms with Gasteiger partial charge in [-0.1, -0.05) is 62.1 Å². The minimum Gasteiger partial charge on any atom is -0.394 e. The Kier molecular flexibility index (Phi) is 19.1. The number of amides is 2. The maximum absolute atomic E-state index is 13.2. The van der Waals surface area contributed by atoms with Gasteiger partial charge < -0.3 is 57.4 Å². The van der Waals surface area contributed by atoms with Crippen LogP contribution in [-0.2, 0) is 11.2 Å². The fourth-order valence-corrected chi connectivity index (χ4v) is 6.71. The molecule has 16 heteroatoms. The number of anilines is 2. The Labute approximate surface area is 318 Å². The summed E-state index contributed by atoms with van der Waals surface area (Å²) in [6, 6.07) is 8.16. The number of nitrogen functional groups attached to an aromatic ring is 2. The molecule has 0 spiro atoms. The SMILES string of the molecule is CCCCCCN(CCC(=O)N1CCC(CNC[C@H](CNC(=O)c2nc(Cl)c(N)nc2N)Cc2ccccc2C)CC1)C[C@H](O)[C@@H](O)[C@H](O)[C@H](O)CO. The van der Waals surface area contributed by atoms with Gasteiger partial charge in [-0.3, -0.25) is 9.59 Å². The van der Waals surface area contributed by atoms with Crippen LogP contribution in [0.3, 0.4) is 0 Å². The second-order valence-corrected chi connectivity index (χ2v) is 14.6. The predicted molar refractivity (Wildman–Crippen MR) is 205 cm³/mol. The Bertz CT molecular complexity index is 1420. The molecule has 11 N–H and O–H groups in total. The van der Waals surface area contributed by atoms with Gasteiger partial charge in [0.05, 0.1) is 12.7 Å². The zero-order valence-corrected chi connectivity index (χ0v) is 31.9. The number of likely N-dealkylation sites (tertiary alicyclic amines) is 1. The summed E-state index contributed by atoms with van der Waals surface area (Å²) in [5.74, 6) is -0.133. The van der Waals surface area contributed by atoms with E-state index < -0.39 is 36.9 Å². The van der Waals surface area contributed by atoms with Crippen molar-refractivity contribution in [2.75, 3.05) is 70.4 Å². The van der Waals surface area contributed by atoms with Gasteiger partial charge in [0, 0.05) is 39.1 Å². The van der Waals surface area contributed by atoms with E-state index in [4.69, 9.17) is 28.2 Å². The van der Waals surface area contributed by atoms with Crippen molar-refractivity contribution in [3.05, 3.63) is 46.2 Å². The highest BCUT2D eigenvalue weighted by Crippen LogP contribution is 2.20. The molecule has 298 valence electrons. The number of halogens is 1. The van der Waals surface area contributed by atoms with Crippen molar-refractivity contribution in [1.82, 2.24) is 30.4 Å². The van der Waals surface area contributed by atoms with Gasteiger partial charge in [-0.25, -0.2) is 9.97 Å². The Morgan fingerprint density at radius 1 is 0.981 bits per heavy atom. The molecule has 1 aliphatic heterocycles. The van der Waals surface area contributed by atoms with E-state index >= 15 is 0 Å². The number of rotatable bonds is 23. The van der Waals surface area contributed by atoms with Crippen molar-refractivity contribution >= 4 is 35.1 Å². The van der Waals surface area contributed by atoms with Crippen LogP contribution in [0.5, 0.6) is 0 Å². The molecule has 53 heavy (non-hydrogen) atoms. The molecule has 1 fully saturated rings. The molecule has 0 bridgehead atoms. The molecule has 2 aromatic rings. The summed E-state index contributed by atoms with van der Waals surface area (Å²) in [6.45, 7) is 7.55. The molecule has 2 amide bonds. The number of nitrogens with zero attached hydrogens (tertiary/aromatic N) is 4. The summed E-state index contributed by atoms with van der Waals surface area (Å²) < 4.78 is 0. The molecule has 0 unspecified atom stereocenters. The zero-order chi connectivity index (χ0) is 38.9. The lowest BCUT2D eigenvalue weighted by Crippen LogP contribution is -2.50. The molecule has 3 rings (SSSR count). The minimum atomic E-state index is -1.69. The molecular weight excluding hydrogens is 704 g/mol. The van der Waals surface area contributed by atoms with Gasteiger partial charge in [0.15, 0.2) is 22.5 Å². The average Bonchev–Trinajstić information content (AvgIpc) is 3.15. The molecule has 1 saturated heterocycles. The lowest BCUT2D eigenvalue weighted by molar-refractivity contribution is -0.133. The number of piperidine rings is 1. The maximum atomic E-state index is 13.2. The highest BCUT2D eigenvalue weighted by Gasteiger charge is 2.31. The topological polar surface area (TPSA) is 244 Å². The largest absolute Gasteiger partial charge is 0.394 e. The molecule has 1 aromatic carbocycles. The van der Waals surface area contributed by atoms with E-state index in [2.05, 4.69) is 46.6 Å². The standard InChI is InChI=1S/C37H61ClN8O7/c1-3-4-5-8-14-45(22-28(48)32(51)33(52)29(49)23-47)15-13-30(50)46-16-11-25(12-17-46)19-41-20-26(18-27-10-7-6-9-24(27)2)21-42-37(53)31-35(39)44-36(40)34(38)43-31/h6-7,9-10,25-26,28-29,32-33,41,47-49,51-52H,3-5,8,11-23H2,1-2H3,(H,42,53)(H4,39,40,44)/t26-,28+,29-,32-,33-/m1/s1. The zero-order valence-electron chi connectivity index (χ0n) is 31.2. The number of aliphatic hydroxyl groups is 5. The highest BCUT2D eigenvalue weighted by molar-refractivity contribution is 6.31. The summed E-state index contributed by atoms with van der Waals surface area (Å²) in [7, 11) is 0. The van der Waals surface area contributed by atoms with E-state index in [0.717, 1.165) is 51.5 Å². The monoisotopic (exact) mass is 764 g/mol. The van der Waals surface area contributed by atoms with Crippen LogP contribution < -0.4 is 22.1 Å². The number of nitrogens with one attached hydrogen (secondary N) is 2. The van der Waals surface area contributed by atoms with Gasteiger partial charge in [0.2, 0.25) is 5.91 Å². The van der Waals surface area contributed by atoms with Gasteiger partial charge in [-0.15, -0.1) is 0 Å². The first kappa shape index (κ1) is 44.2. The van der Waals surface area contributed by atoms with Gasteiger partial charge in [0.1, 0.15) is 18.3 Å². The Hall–Kier alpha value is -3.15. The fraction of sp³-hybridized carbons (Fsp3) is 0.676. The number of carbonyl (C=O) groups excluding carboxylic acids is 2. The lowest BCUT2D eigenvalue weighted by atomic mass is 9.94. The Balaban J connectivity index is 1.49. The van der Waals surface area contributed by atoms with E-state index in [-0.39, 0.29) is 47.3 Å². The lowest BCUT2D eigenvalue weighted by Gasteiger charge is -2.34. The fourth-order valence-electron chi connectivity index (χ4n) is 6.58. The Morgan fingerprint density at radius 2 is 1.68 bits per heavy atom. The highest BCUT2D eigenvalue weighted by atomic mass is 35.5. The summed E-state index contributed by atoms with van der Waals surface area (Å²) in [4.78, 5) is 37.9. The van der Waals surface area contributed by atoms with Gasteiger partial charge >= 0.3 is 0 Å². The van der Waals surface area contributed by atoms with Crippen LogP contribution in [0.2, 0.25) is 5.15 Å². The molecule has 0 saturated carbocycles. The van der Waals surface area contributed by atoms with Crippen LogP contribution in [-0.4, -0.2) is 140 Å². The van der Waals surface area contributed by atoms with Gasteiger partial charge in [-0.05, 0) is 75.2 Å². The molecular formula is C37H61ClN8O7. The van der Waals surface area contributed by atoms with Crippen molar-refractivity contribution < 1.29 is 35.1 Å². The summed E-state index contributed by atoms with van der Waals surface area (Å²) in [5.41, 5.74) is 13.8. The molecule has 1 aromatic heterocycles. The van der Waals surface area contributed by atoms with Crippen molar-refractivity contribution in [3.63, 3.8) is 0 Å². The van der Waals surface area contributed by atoms with Crippen LogP contribution >= 0.6 is 11.6 Å². The van der Waals surface area contributed by atoms with E-state index in [1.165, 1.54) is 11.1 Å². The second-order valence-electron chi connectivity index (χ2n) is 14.2. The van der Waals surface area contributed by atoms with Crippen LogP contribution in [0.15, 0.2) is 24.3 Å². The number of aliphatic hydroxyl groups excluding tert-OH is 5. The number of nitrogens with two attached hydrogens (primary N) is 2. The first-order valence-electron chi connectivity index (χ1n) is 18.8. The summed E-state index contributed by atoms with van der Waals surface area (Å²) in [6.07, 6.45) is 0.441. The average molecular weight is 765 g/mol. The van der Waals surface area contributed by atoms with E-state index in [0.29, 0.717) is 45.2 Å². The Morgan fingerprint density at radius 3 is 2.36 bits per heavy atom. The van der Waals surface area contributed by atoms with Gasteiger partial charge in [-0.2, -0.15) is 0 Å². The minimum absolute atomic E-state index is 0.0237. The third kappa shape index (κ3) is 14.5. The molecule has 15 nitrogen and oxygen atoms in total. The summed E-state index contributed by atoms with van der Waals surface area (Å²) >= 11 is 5.98. The van der Waals surface area contributed by atoms with Crippen LogP contribution in [0.1, 0.15) is 73.5 Å². The molecule has 2 heterocycles. The second kappa shape index (κ2) is 22.9. The normalized spacial score (nSPS) is 16.7. The van der Waals surface area contributed by atoms with Crippen LogP contribution in [0.4, 0.5) is 11.6 Å². The van der Waals surface area contributed by atoms with Crippen molar-refractivity contribution in [1.29, 1.82) is 0 Å². The molecule has 1 aliphatic rings. The van der Waals surface area contributed by atoms with Crippen LogP contribution in [0.25, 0.3) is 0 Å². The smallest absolute Gasteiger partial charge is 0.273 e. The third-order valence-electron chi connectivity index (χ3n) is 10.0. The molecule has 0 radical (unpaired) electrons. The molecule has 0 aliphatic carbocycles. The maximum Gasteiger partial charge on any atom is 0.273 e. The van der Waals surface area contributed by atoms with Crippen molar-refractivity contribution in [2.45, 2.75) is 89.6 Å². The van der Waals surface area contributed by atoms with Gasteiger partial charge in [0.25, 0.3) is 5.91 Å².